The van der Waals surface area contributed by atoms with Gasteiger partial charge in [0.1, 0.15) is 0 Å². The van der Waals surface area contributed by atoms with Crippen LogP contribution in [0.15, 0.2) is 29.4 Å². The van der Waals surface area contributed by atoms with E-state index in [0.717, 1.165) is 19.4 Å². The molecule has 0 radical (unpaired) electrons. The zero-order valence-electron chi connectivity index (χ0n) is 12.1. The number of hydrogen-bond acceptors (Lipinski definition) is 4. The number of amidine groups is 1. The van der Waals surface area contributed by atoms with E-state index in [2.05, 4.69) is 17.4 Å². The van der Waals surface area contributed by atoms with Gasteiger partial charge in [-0.1, -0.05) is 24.2 Å². The van der Waals surface area contributed by atoms with Gasteiger partial charge in [0.25, 0.3) is 5.91 Å². The summed E-state index contributed by atoms with van der Waals surface area (Å²) in [5.41, 5.74) is 6.60. The Morgan fingerprint density at radius 1 is 1.43 bits per heavy atom. The Labute approximate surface area is 124 Å². The van der Waals surface area contributed by atoms with Crippen LogP contribution in [-0.4, -0.2) is 36.2 Å². The van der Waals surface area contributed by atoms with Crippen LogP contribution in [0.4, 0.5) is 0 Å². The van der Waals surface area contributed by atoms with E-state index in [-0.39, 0.29) is 17.8 Å². The molecule has 1 fully saturated rings. The Bertz CT molecular complexity index is 513. The molecule has 1 aliphatic rings. The molecule has 4 N–H and O–H groups in total. The van der Waals surface area contributed by atoms with Crippen molar-refractivity contribution in [1.82, 2.24) is 5.32 Å². The number of nitrogens with one attached hydrogen (secondary N) is 1. The van der Waals surface area contributed by atoms with Crippen LogP contribution in [0, 0.1) is 5.92 Å². The maximum absolute atomic E-state index is 12.1. The summed E-state index contributed by atoms with van der Waals surface area (Å²) in [7, 11) is 0. The minimum absolute atomic E-state index is 0.0239. The highest BCUT2D eigenvalue weighted by atomic mass is 16.5. The first-order chi connectivity index (χ1) is 10.2. The number of benzene rings is 1. The van der Waals surface area contributed by atoms with E-state index in [1.54, 1.807) is 24.3 Å². The summed E-state index contributed by atoms with van der Waals surface area (Å²) in [6, 6.07) is 6.62. The van der Waals surface area contributed by atoms with Gasteiger partial charge in [0.05, 0.1) is 6.10 Å². The van der Waals surface area contributed by atoms with E-state index in [1.807, 2.05) is 0 Å². The minimum atomic E-state index is -0.122. The summed E-state index contributed by atoms with van der Waals surface area (Å²) in [4.78, 5) is 12.1. The molecule has 6 nitrogen and oxygen atoms in total. The summed E-state index contributed by atoms with van der Waals surface area (Å²) >= 11 is 0. The Hall–Kier alpha value is -2.08. The van der Waals surface area contributed by atoms with Crippen LogP contribution in [0.3, 0.4) is 0 Å². The average molecular weight is 291 g/mol. The minimum Gasteiger partial charge on any atom is -0.409 e. The van der Waals surface area contributed by atoms with E-state index in [1.165, 1.54) is 0 Å². The van der Waals surface area contributed by atoms with Gasteiger partial charge in [-0.3, -0.25) is 4.79 Å². The largest absolute Gasteiger partial charge is 0.409 e. The predicted octanol–water partition coefficient (Wildman–Crippen LogP) is 1.33. The van der Waals surface area contributed by atoms with E-state index in [4.69, 9.17) is 15.7 Å². The highest BCUT2D eigenvalue weighted by Crippen LogP contribution is 2.22. The van der Waals surface area contributed by atoms with Crippen LogP contribution < -0.4 is 11.1 Å². The summed E-state index contributed by atoms with van der Waals surface area (Å²) in [5.74, 6) is 0.286. The van der Waals surface area contributed by atoms with Crippen molar-refractivity contribution in [3.05, 3.63) is 35.4 Å². The molecule has 1 aromatic rings. The number of hydrogen-bond donors (Lipinski definition) is 3. The summed E-state index contributed by atoms with van der Waals surface area (Å²) in [6.07, 6.45) is 2.20. The highest BCUT2D eigenvalue weighted by Gasteiger charge is 2.26. The topological polar surface area (TPSA) is 96.9 Å². The molecule has 0 saturated carbocycles. The fourth-order valence-electron chi connectivity index (χ4n) is 2.55. The number of amides is 1. The van der Waals surface area contributed by atoms with Crippen LogP contribution in [-0.2, 0) is 4.74 Å². The standard InChI is InChI=1S/C15H21N3O3/c1-2-13-12(7-8-21-13)9-17-15(19)11-5-3-10(4-6-11)14(16)18-20/h3-6,12-13,20H,2,7-9H2,1H3,(H2,16,18)(H,17,19). The first kappa shape index (κ1) is 15.3. The molecular weight excluding hydrogens is 270 g/mol. The van der Waals surface area contributed by atoms with Crippen molar-refractivity contribution in [3.63, 3.8) is 0 Å². The maximum Gasteiger partial charge on any atom is 0.251 e. The number of ether oxygens (including phenoxy) is 1. The molecule has 1 aromatic carbocycles. The van der Waals surface area contributed by atoms with Gasteiger partial charge in [0, 0.05) is 30.2 Å². The van der Waals surface area contributed by atoms with Crippen LogP contribution in [0.25, 0.3) is 0 Å². The van der Waals surface area contributed by atoms with Gasteiger partial charge in [-0.2, -0.15) is 0 Å². The van der Waals surface area contributed by atoms with Gasteiger partial charge in [-0.25, -0.2) is 0 Å². The second-order valence-electron chi connectivity index (χ2n) is 5.14. The third kappa shape index (κ3) is 3.72. The molecule has 21 heavy (non-hydrogen) atoms. The molecule has 114 valence electrons. The van der Waals surface area contributed by atoms with Crippen LogP contribution in [0.1, 0.15) is 35.7 Å². The average Bonchev–Trinajstić information content (AvgIpc) is 2.99. The molecule has 1 saturated heterocycles. The molecule has 0 aliphatic carbocycles. The van der Waals surface area contributed by atoms with Crippen LogP contribution in [0.5, 0.6) is 0 Å². The zero-order chi connectivity index (χ0) is 15.2. The zero-order valence-corrected chi connectivity index (χ0v) is 12.1. The molecule has 0 aromatic heterocycles. The maximum atomic E-state index is 12.1. The van der Waals surface area contributed by atoms with Gasteiger partial charge in [-0.15, -0.1) is 0 Å². The lowest BCUT2D eigenvalue weighted by Crippen LogP contribution is -2.32. The monoisotopic (exact) mass is 291 g/mol. The van der Waals surface area contributed by atoms with Crippen molar-refractivity contribution in [2.75, 3.05) is 13.2 Å². The summed E-state index contributed by atoms with van der Waals surface area (Å²) in [5, 5.41) is 14.4. The molecule has 0 bridgehead atoms. The Morgan fingerprint density at radius 2 is 2.10 bits per heavy atom. The second-order valence-corrected chi connectivity index (χ2v) is 5.14. The van der Waals surface area contributed by atoms with Gasteiger partial charge in [0.2, 0.25) is 0 Å². The van der Waals surface area contributed by atoms with Crippen LogP contribution in [0.2, 0.25) is 0 Å². The Balaban J connectivity index is 1.91. The molecule has 1 aliphatic heterocycles. The van der Waals surface area contributed by atoms with E-state index in [9.17, 15) is 4.79 Å². The van der Waals surface area contributed by atoms with Gasteiger partial charge < -0.3 is 21.0 Å². The second kappa shape index (κ2) is 7.08. The van der Waals surface area contributed by atoms with Crippen LogP contribution >= 0.6 is 0 Å². The molecule has 0 spiro atoms. The van der Waals surface area contributed by atoms with Crippen molar-refractivity contribution in [2.45, 2.75) is 25.9 Å². The van der Waals surface area contributed by atoms with Gasteiger partial charge in [0.15, 0.2) is 5.84 Å². The number of carbonyl (C=O) groups is 1. The van der Waals surface area contributed by atoms with Crippen molar-refractivity contribution in [1.29, 1.82) is 0 Å². The van der Waals surface area contributed by atoms with E-state index < -0.39 is 0 Å². The van der Waals surface area contributed by atoms with Crippen molar-refractivity contribution in [3.8, 4) is 0 Å². The summed E-state index contributed by atoms with van der Waals surface area (Å²) in [6.45, 7) is 3.49. The van der Waals surface area contributed by atoms with E-state index >= 15 is 0 Å². The third-order valence-electron chi connectivity index (χ3n) is 3.82. The Kier molecular flexibility index (Phi) is 5.16. The molecule has 2 unspecified atom stereocenters. The lowest BCUT2D eigenvalue weighted by molar-refractivity contribution is 0.0827. The van der Waals surface area contributed by atoms with Crippen molar-refractivity contribution < 1.29 is 14.7 Å². The molecule has 2 rings (SSSR count). The van der Waals surface area contributed by atoms with Crippen molar-refractivity contribution >= 4 is 11.7 Å². The fourth-order valence-corrected chi connectivity index (χ4v) is 2.55. The molecule has 1 amide bonds. The molecular formula is C15H21N3O3. The summed E-state index contributed by atoms with van der Waals surface area (Å²) < 4.78 is 5.61. The Morgan fingerprint density at radius 3 is 2.71 bits per heavy atom. The smallest absolute Gasteiger partial charge is 0.251 e. The SMILES string of the molecule is CCC1OCCC1CNC(=O)c1ccc(/C(N)=N/O)cc1. The molecule has 1 heterocycles. The fraction of sp³-hybridized carbons (Fsp3) is 0.467. The predicted molar refractivity (Wildman–Crippen MR) is 79.4 cm³/mol. The van der Waals surface area contributed by atoms with Gasteiger partial charge >= 0.3 is 0 Å². The number of nitrogens with two attached hydrogens (primary N) is 1. The first-order valence-corrected chi connectivity index (χ1v) is 7.13. The number of oxime groups is 1. The lowest BCUT2D eigenvalue weighted by Gasteiger charge is -2.17. The number of rotatable bonds is 5. The first-order valence-electron chi connectivity index (χ1n) is 7.13. The number of carbonyl (C=O) groups excluding carboxylic acids is 1. The quantitative estimate of drug-likeness (QED) is 0.330. The highest BCUT2D eigenvalue weighted by molar-refractivity contribution is 5.99. The van der Waals surface area contributed by atoms with Gasteiger partial charge in [-0.05, 0) is 25.0 Å². The molecule has 2 atom stereocenters. The lowest BCUT2D eigenvalue weighted by atomic mass is 9.99. The van der Waals surface area contributed by atoms with E-state index in [0.29, 0.717) is 23.6 Å². The number of nitrogens with zero attached hydrogens (tertiary/aromatic N) is 1. The van der Waals surface area contributed by atoms with Crippen molar-refractivity contribution in [2.24, 2.45) is 16.8 Å². The molecule has 6 heteroatoms. The normalized spacial score (nSPS) is 22.2. The third-order valence-corrected chi connectivity index (χ3v) is 3.82.